The molecule has 1 heterocycles. The van der Waals surface area contributed by atoms with Crippen LogP contribution in [0.4, 0.5) is 24.9 Å². The molecule has 0 spiro atoms. The summed E-state index contributed by atoms with van der Waals surface area (Å²) in [6.07, 6.45) is 1.79. The molecule has 27 heteroatoms. The van der Waals surface area contributed by atoms with Crippen LogP contribution < -0.4 is 42.5 Å². The number of alkyl carbamates (subject to hydrolysis) is 2. The molecule has 3 aromatic rings. The van der Waals surface area contributed by atoms with Crippen LogP contribution in [0.1, 0.15) is 139 Å². The maximum atomic E-state index is 14.1. The smallest absolute Gasteiger partial charge is 0.407 e. The molecule has 4 unspecified atom stereocenters. The summed E-state index contributed by atoms with van der Waals surface area (Å²) in [5.74, 6) is -5.47. The number of aromatic nitrogens is 3. The van der Waals surface area contributed by atoms with E-state index in [1.165, 1.54) is 10.9 Å². The number of carboxylic acid groups (broad SMARTS) is 2. The Balaban J connectivity index is 1.66. The lowest BCUT2D eigenvalue weighted by Crippen LogP contribution is -2.53. The van der Waals surface area contributed by atoms with Crippen LogP contribution >= 0.6 is 0 Å². The fourth-order valence-electron chi connectivity index (χ4n) is 7.67. The zero-order valence-electron chi connectivity index (χ0n) is 48.8. The fraction of sp³-hybridized carbons (Fsp3) is 0.571. The van der Waals surface area contributed by atoms with Crippen molar-refractivity contribution in [1.82, 2.24) is 52.2 Å². The third-order valence-corrected chi connectivity index (χ3v) is 11.4. The molecule has 0 saturated heterocycles. The number of ether oxygens (including phenoxy) is 4. The summed E-state index contributed by atoms with van der Waals surface area (Å²) in [5, 5.41) is 47.4. The largest absolute Gasteiger partial charge is 0.481 e. The van der Waals surface area contributed by atoms with Gasteiger partial charge >= 0.3 is 48.1 Å². The van der Waals surface area contributed by atoms with Gasteiger partial charge in [-0.05, 0) is 144 Å². The van der Waals surface area contributed by atoms with Crippen LogP contribution in [-0.2, 0) is 60.9 Å². The van der Waals surface area contributed by atoms with Crippen molar-refractivity contribution in [3.8, 4) is 11.3 Å². The van der Waals surface area contributed by atoms with Crippen LogP contribution in [0.5, 0.6) is 0 Å². The lowest BCUT2D eigenvalue weighted by Gasteiger charge is -2.26. The van der Waals surface area contributed by atoms with E-state index in [2.05, 4.69) is 52.8 Å². The first kappa shape index (κ1) is 68.8. The minimum atomic E-state index is -1.52. The van der Waals surface area contributed by atoms with E-state index in [0.29, 0.717) is 55.5 Å². The summed E-state index contributed by atoms with van der Waals surface area (Å²) in [6.45, 7) is 15.5. The highest BCUT2D eigenvalue weighted by Crippen LogP contribution is 2.22. The summed E-state index contributed by atoms with van der Waals surface area (Å²) >= 11 is 0. The van der Waals surface area contributed by atoms with Gasteiger partial charge in [-0.3, -0.25) is 14.4 Å². The monoisotopic (exact) mass is 1170 g/mol. The second-order valence-corrected chi connectivity index (χ2v) is 22.4. The van der Waals surface area contributed by atoms with Gasteiger partial charge in [0.2, 0.25) is 11.8 Å². The first-order valence-electron chi connectivity index (χ1n) is 27.5. The molecule has 27 nitrogen and oxygen atoms in total. The maximum Gasteiger partial charge on any atom is 0.407 e. The van der Waals surface area contributed by atoms with Crippen molar-refractivity contribution in [3.05, 3.63) is 66.4 Å². The predicted octanol–water partition coefficient (Wildman–Crippen LogP) is 5.67. The zero-order valence-corrected chi connectivity index (χ0v) is 48.8. The molecular formula is C56H83N11O16. The molecule has 0 bridgehead atoms. The van der Waals surface area contributed by atoms with Crippen molar-refractivity contribution >= 4 is 65.6 Å². The zero-order chi connectivity index (χ0) is 61.8. The number of esters is 2. The van der Waals surface area contributed by atoms with Crippen molar-refractivity contribution in [2.45, 2.75) is 187 Å². The quantitative estimate of drug-likeness (QED) is 0.0204. The second kappa shape index (κ2) is 34.0. The number of anilines is 1. The van der Waals surface area contributed by atoms with Gasteiger partial charge in [0.1, 0.15) is 54.1 Å². The van der Waals surface area contributed by atoms with Crippen LogP contribution in [0.25, 0.3) is 11.3 Å². The van der Waals surface area contributed by atoms with E-state index in [9.17, 15) is 53.1 Å². The molecule has 1 aromatic heterocycles. The molecule has 3 rings (SSSR count). The Hall–Kier alpha value is -8.52. The number of aliphatic carboxylic acids is 2. The molecule has 0 saturated carbocycles. The van der Waals surface area contributed by atoms with Gasteiger partial charge in [-0.25, -0.2) is 38.2 Å². The van der Waals surface area contributed by atoms with Gasteiger partial charge in [-0.15, -0.1) is 5.10 Å². The molecule has 2 aromatic carbocycles. The number of unbranched alkanes of at least 4 members (excludes halogenated alkanes) is 3. The summed E-state index contributed by atoms with van der Waals surface area (Å²) < 4.78 is 23.0. The van der Waals surface area contributed by atoms with Crippen molar-refractivity contribution in [2.75, 3.05) is 25.0 Å². The average molecular weight is 1170 g/mol. The van der Waals surface area contributed by atoms with Crippen molar-refractivity contribution in [3.63, 3.8) is 0 Å². The van der Waals surface area contributed by atoms with E-state index in [0.717, 1.165) is 5.56 Å². The molecule has 0 aliphatic heterocycles. The Morgan fingerprint density at radius 1 is 0.566 bits per heavy atom. The van der Waals surface area contributed by atoms with Crippen LogP contribution in [0, 0.1) is 0 Å². The second-order valence-electron chi connectivity index (χ2n) is 22.4. The van der Waals surface area contributed by atoms with Gasteiger partial charge in [-0.2, -0.15) is 0 Å². The van der Waals surface area contributed by atoms with E-state index < -0.39 is 114 Å². The Morgan fingerprint density at radius 2 is 1.11 bits per heavy atom. The fourth-order valence-corrected chi connectivity index (χ4v) is 7.67. The molecule has 0 fully saturated rings. The standard InChI is InChI=1S/C56H83N11O16/c1-54(2,3)81-48(74)41(25-15-18-30-58-52(78)80-35-36-20-11-10-12-21-36)63-46(71)39(24-13-17-31-59-53(79)83-56(7,8)9)62-44(68)34-67-43(33-60-66-67)37-22-19-23-38(32-37)61-50(76)57-29-16-14-26-42(49(75)82-55(4,5)6)65-51(77)64-40(47(72)73)27-28-45(69)70/h10-12,19-23,32-33,39-42H,13-18,24-31,34-35H2,1-9H3,(H,58,78)(H,59,79)(H,62,68)(H,63,71)(H,69,70)(H,72,73)(H2,57,61,76)(H2,64,65,77). The van der Waals surface area contributed by atoms with E-state index in [1.54, 1.807) is 86.6 Å². The topological polar surface area (TPSA) is 375 Å². The minimum Gasteiger partial charge on any atom is -0.481 e. The summed E-state index contributed by atoms with van der Waals surface area (Å²) in [5.41, 5.74) is -0.456. The third-order valence-electron chi connectivity index (χ3n) is 11.4. The first-order chi connectivity index (χ1) is 39.0. The van der Waals surface area contributed by atoms with E-state index in [-0.39, 0.29) is 51.9 Å². The first-order valence-corrected chi connectivity index (χ1v) is 27.5. The number of nitrogens with zero attached hydrogens (tertiary/aromatic N) is 3. The molecule has 458 valence electrons. The lowest BCUT2D eigenvalue weighted by atomic mass is 10.1. The summed E-state index contributed by atoms with van der Waals surface area (Å²) in [4.78, 5) is 127. The molecule has 10 N–H and O–H groups in total. The molecule has 0 aliphatic rings. The number of benzene rings is 2. The molecule has 8 amide bonds. The van der Waals surface area contributed by atoms with Crippen LogP contribution in [0.3, 0.4) is 0 Å². The van der Waals surface area contributed by atoms with Crippen molar-refractivity contribution in [2.24, 2.45) is 0 Å². The summed E-state index contributed by atoms with van der Waals surface area (Å²) in [6, 6.07) is 9.19. The molecule has 0 aliphatic carbocycles. The number of rotatable bonds is 32. The number of carbonyl (C=O) groups is 10. The molecule has 4 atom stereocenters. The highest BCUT2D eigenvalue weighted by atomic mass is 16.6. The van der Waals surface area contributed by atoms with Crippen molar-refractivity contribution in [1.29, 1.82) is 0 Å². The Kier molecular flexibility index (Phi) is 28.2. The third kappa shape index (κ3) is 29.7. The highest BCUT2D eigenvalue weighted by molar-refractivity contribution is 5.92. The number of hydrogen-bond acceptors (Lipinski definition) is 16. The molecule has 0 radical (unpaired) electrons. The SMILES string of the molecule is CC(C)(C)OC(=O)NCCCCC(NC(=O)Cn1nncc1-c1cccc(NC(=O)NCCCCC(NC(=O)NC(CCC(=O)O)C(=O)O)C(=O)OC(C)(C)C)c1)C(=O)NC(CCCCNC(=O)OCc1ccccc1)C(=O)OC(C)(C)C. The van der Waals surface area contributed by atoms with Crippen molar-refractivity contribution < 1.29 is 77.1 Å². The number of carboxylic acids is 2. The average Bonchev–Trinajstić information content (AvgIpc) is 4.05. The number of urea groups is 2. The summed E-state index contributed by atoms with van der Waals surface area (Å²) in [7, 11) is 0. The van der Waals surface area contributed by atoms with Gasteiger partial charge in [0.15, 0.2) is 0 Å². The van der Waals surface area contributed by atoms with Gasteiger partial charge in [-0.1, -0.05) is 47.7 Å². The Morgan fingerprint density at radius 3 is 1.67 bits per heavy atom. The minimum absolute atomic E-state index is 0.0511. The van der Waals surface area contributed by atoms with Gasteiger partial charge in [0.25, 0.3) is 0 Å². The van der Waals surface area contributed by atoms with E-state index >= 15 is 0 Å². The number of hydrogen-bond donors (Lipinski definition) is 10. The van der Waals surface area contributed by atoms with Crippen LogP contribution in [-0.4, -0.2) is 146 Å². The van der Waals surface area contributed by atoms with E-state index in [1.807, 2.05) is 30.3 Å². The van der Waals surface area contributed by atoms with E-state index in [4.69, 9.17) is 24.1 Å². The number of carbonyl (C=O) groups excluding carboxylic acids is 8. The Labute approximate surface area is 483 Å². The van der Waals surface area contributed by atoms with Gasteiger partial charge in [0.05, 0.1) is 11.9 Å². The van der Waals surface area contributed by atoms with Gasteiger partial charge in [0, 0.05) is 37.3 Å². The molecular weight excluding hydrogens is 1080 g/mol. The number of amides is 8. The lowest BCUT2D eigenvalue weighted by molar-refractivity contribution is -0.159. The number of nitrogens with one attached hydrogen (secondary N) is 8. The normalized spacial score (nSPS) is 12.8. The molecule has 83 heavy (non-hydrogen) atoms. The highest BCUT2D eigenvalue weighted by Gasteiger charge is 2.32. The van der Waals surface area contributed by atoms with Gasteiger partial charge < -0.3 is 71.7 Å². The van der Waals surface area contributed by atoms with Crippen LogP contribution in [0.15, 0.2) is 60.8 Å². The Bertz CT molecular complexity index is 2630. The predicted molar refractivity (Wildman–Crippen MR) is 302 cm³/mol. The van der Waals surface area contributed by atoms with Crippen LogP contribution in [0.2, 0.25) is 0 Å². The maximum absolute atomic E-state index is 14.1.